The number of benzene rings is 2. The minimum absolute atomic E-state index is 0.0930. The molecule has 0 aliphatic carbocycles. The molecule has 0 fully saturated rings. The zero-order valence-corrected chi connectivity index (χ0v) is 13.4. The van der Waals surface area contributed by atoms with Gasteiger partial charge in [-0.25, -0.2) is 14.8 Å². The number of carbonyl (C=O) groups is 1. The number of aliphatic hydroxyl groups excluding tert-OH is 1. The van der Waals surface area contributed by atoms with E-state index < -0.39 is 0 Å². The third kappa shape index (κ3) is 2.64. The molecular weight excluding hydrogens is 324 g/mol. The van der Waals surface area contributed by atoms with Crippen LogP contribution < -0.4 is 10.6 Å². The number of hydrogen-bond acceptors (Lipinski definition) is 5. The summed E-state index contributed by atoms with van der Waals surface area (Å²) in [6.45, 7) is 0.122. The van der Waals surface area contributed by atoms with E-state index in [1.54, 1.807) is 11.3 Å². The Morgan fingerprint density at radius 2 is 1.92 bits per heavy atom. The van der Waals surface area contributed by atoms with Gasteiger partial charge in [0.05, 0.1) is 17.6 Å². The number of carbonyl (C=O) groups excluding carboxylic acids is 1. The zero-order valence-electron chi connectivity index (χ0n) is 12.6. The minimum Gasteiger partial charge on any atom is -0.395 e. The number of rotatable bonds is 3. The fourth-order valence-electron chi connectivity index (χ4n) is 2.56. The summed E-state index contributed by atoms with van der Waals surface area (Å²) >= 11 is 1.58. The van der Waals surface area contributed by atoms with E-state index in [4.69, 9.17) is 10.1 Å². The molecule has 2 aromatic heterocycles. The first kappa shape index (κ1) is 14.8. The molecule has 2 aromatic carbocycles. The summed E-state index contributed by atoms with van der Waals surface area (Å²) in [5, 5.41) is 15.0. The summed E-state index contributed by atoms with van der Waals surface area (Å²) in [5.74, 6) is 0. The van der Waals surface area contributed by atoms with E-state index in [9.17, 15) is 4.79 Å². The highest BCUT2D eigenvalue weighted by atomic mass is 32.1. The number of aromatic nitrogens is 2. The highest BCUT2D eigenvalue weighted by molar-refractivity contribution is 7.25. The second kappa shape index (κ2) is 6.03. The molecule has 2 heterocycles. The summed E-state index contributed by atoms with van der Waals surface area (Å²) in [6.07, 6.45) is 0. The van der Waals surface area contributed by atoms with E-state index >= 15 is 0 Å². The number of nitrogens with zero attached hydrogens (tertiary/aromatic N) is 2. The Morgan fingerprint density at radius 3 is 2.71 bits per heavy atom. The van der Waals surface area contributed by atoms with Crippen LogP contribution in [0.2, 0.25) is 0 Å². The molecule has 0 saturated carbocycles. The predicted octanol–water partition coefficient (Wildman–Crippen LogP) is 3.11. The molecule has 2 amide bonds. The first-order valence-electron chi connectivity index (χ1n) is 7.49. The fraction of sp³-hybridized carbons (Fsp3) is 0.118. The molecule has 0 aliphatic heterocycles. The van der Waals surface area contributed by atoms with Crippen molar-refractivity contribution in [3.63, 3.8) is 0 Å². The van der Waals surface area contributed by atoms with Crippen LogP contribution in [0.5, 0.6) is 0 Å². The third-order valence-corrected chi connectivity index (χ3v) is 4.69. The number of aliphatic hydroxyl groups is 1. The van der Waals surface area contributed by atoms with Gasteiger partial charge in [-0.3, -0.25) is 0 Å². The Morgan fingerprint density at radius 1 is 1.12 bits per heavy atom. The summed E-state index contributed by atoms with van der Waals surface area (Å²) in [7, 11) is 0. The van der Waals surface area contributed by atoms with Crippen LogP contribution in [0.3, 0.4) is 0 Å². The van der Waals surface area contributed by atoms with E-state index in [2.05, 4.69) is 15.6 Å². The van der Waals surface area contributed by atoms with Crippen LogP contribution in [0.15, 0.2) is 42.5 Å². The third-order valence-electron chi connectivity index (χ3n) is 3.64. The summed E-state index contributed by atoms with van der Waals surface area (Å²) < 4.78 is 1.07. The second-order valence-corrected chi connectivity index (χ2v) is 6.31. The average molecular weight is 338 g/mol. The number of thiophene rings is 1. The van der Waals surface area contributed by atoms with Gasteiger partial charge in [0.25, 0.3) is 0 Å². The molecule has 0 saturated heterocycles. The van der Waals surface area contributed by atoms with Crippen molar-refractivity contribution >= 4 is 54.5 Å². The molecule has 4 rings (SSSR count). The van der Waals surface area contributed by atoms with Crippen LogP contribution in [-0.4, -0.2) is 34.3 Å². The smallest absolute Gasteiger partial charge is 0.319 e. The Labute approximate surface area is 141 Å². The van der Waals surface area contributed by atoms with Crippen LogP contribution in [-0.2, 0) is 0 Å². The molecule has 0 atom stereocenters. The van der Waals surface area contributed by atoms with Crippen LogP contribution in [0.1, 0.15) is 0 Å². The topological polar surface area (TPSA) is 87.1 Å². The largest absolute Gasteiger partial charge is 0.395 e. The van der Waals surface area contributed by atoms with Gasteiger partial charge < -0.3 is 15.7 Å². The Bertz CT molecular complexity index is 1060. The molecule has 0 radical (unpaired) electrons. The SMILES string of the molecule is O=C(NCCO)Nc1ccc2sc3nc4ccccc4nc3c2c1. The number of fused-ring (bicyclic) bond motifs is 4. The Hall–Kier alpha value is -2.77. The van der Waals surface area contributed by atoms with Crippen molar-refractivity contribution in [2.45, 2.75) is 0 Å². The van der Waals surface area contributed by atoms with E-state index in [0.29, 0.717) is 5.69 Å². The number of nitrogens with one attached hydrogen (secondary N) is 2. The first-order valence-corrected chi connectivity index (χ1v) is 8.31. The molecule has 0 spiro atoms. The molecule has 6 nitrogen and oxygen atoms in total. The number of urea groups is 1. The lowest BCUT2D eigenvalue weighted by Gasteiger charge is -2.06. The van der Waals surface area contributed by atoms with Gasteiger partial charge in [0, 0.05) is 22.3 Å². The normalized spacial score (nSPS) is 11.2. The van der Waals surface area contributed by atoms with Gasteiger partial charge in [-0.15, -0.1) is 11.3 Å². The van der Waals surface area contributed by atoms with Crippen LogP contribution >= 0.6 is 11.3 Å². The lowest BCUT2D eigenvalue weighted by atomic mass is 10.2. The van der Waals surface area contributed by atoms with Crippen molar-refractivity contribution in [3.05, 3.63) is 42.5 Å². The van der Waals surface area contributed by atoms with E-state index in [0.717, 1.165) is 31.5 Å². The molecule has 24 heavy (non-hydrogen) atoms. The molecule has 0 unspecified atom stereocenters. The maximum Gasteiger partial charge on any atom is 0.319 e. The number of anilines is 1. The zero-order chi connectivity index (χ0) is 16.5. The van der Waals surface area contributed by atoms with Crippen molar-refractivity contribution in [2.24, 2.45) is 0 Å². The maximum absolute atomic E-state index is 11.7. The van der Waals surface area contributed by atoms with Gasteiger partial charge in [0.1, 0.15) is 10.3 Å². The lowest BCUT2D eigenvalue weighted by Crippen LogP contribution is -2.30. The van der Waals surface area contributed by atoms with Crippen molar-refractivity contribution in [1.82, 2.24) is 15.3 Å². The first-order chi connectivity index (χ1) is 11.7. The van der Waals surface area contributed by atoms with Crippen molar-refractivity contribution in [2.75, 3.05) is 18.5 Å². The number of amides is 2. The van der Waals surface area contributed by atoms with Gasteiger partial charge in [-0.05, 0) is 30.3 Å². The van der Waals surface area contributed by atoms with Crippen LogP contribution in [0, 0.1) is 0 Å². The molecule has 3 N–H and O–H groups in total. The second-order valence-electron chi connectivity index (χ2n) is 5.28. The summed E-state index contributed by atoms with van der Waals surface area (Å²) in [6, 6.07) is 13.1. The Balaban J connectivity index is 1.78. The molecule has 7 heteroatoms. The van der Waals surface area contributed by atoms with Crippen molar-refractivity contribution in [1.29, 1.82) is 0 Å². The van der Waals surface area contributed by atoms with Gasteiger partial charge in [-0.1, -0.05) is 12.1 Å². The van der Waals surface area contributed by atoms with Crippen LogP contribution in [0.4, 0.5) is 10.5 Å². The molecule has 120 valence electrons. The standard InChI is InChI=1S/C17H14N4O2S/c22-8-7-18-17(23)19-10-5-6-14-11(9-10)15-16(24-14)21-13-4-2-1-3-12(13)20-15/h1-6,9,22H,7-8H2,(H2,18,19,23). The van der Waals surface area contributed by atoms with Gasteiger partial charge in [-0.2, -0.15) is 0 Å². The van der Waals surface area contributed by atoms with Crippen LogP contribution in [0.25, 0.3) is 31.5 Å². The number of para-hydroxylation sites is 2. The minimum atomic E-state index is -0.348. The Kier molecular flexibility index (Phi) is 3.72. The highest BCUT2D eigenvalue weighted by Crippen LogP contribution is 2.34. The molecule has 0 aliphatic rings. The summed E-state index contributed by atoms with van der Waals surface area (Å²) in [5.41, 5.74) is 3.24. The van der Waals surface area contributed by atoms with E-state index in [1.165, 1.54) is 0 Å². The summed E-state index contributed by atoms with van der Waals surface area (Å²) in [4.78, 5) is 22.0. The van der Waals surface area contributed by atoms with Gasteiger partial charge >= 0.3 is 6.03 Å². The van der Waals surface area contributed by atoms with Gasteiger partial charge in [0.15, 0.2) is 0 Å². The predicted molar refractivity (Wildman–Crippen MR) is 96.5 cm³/mol. The van der Waals surface area contributed by atoms with E-state index in [1.807, 2.05) is 42.5 Å². The monoisotopic (exact) mass is 338 g/mol. The number of hydrogen-bond donors (Lipinski definition) is 3. The van der Waals surface area contributed by atoms with Gasteiger partial charge in [0.2, 0.25) is 0 Å². The van der Waals surface area contributed by atoms with Crippen molar-refractivity contribution in [3.8, 4) is 0 Å². The van der Waals surface area contributed by atoms with Crippen molar-refractivity contribution < 1.29 is 9.90 Å². The quantitative estimate of drug-likeness (QED) is 0.536. The molecule has 4 aromatic rings. The molecular formula is C17H14N4O2S. The maximum atomic E-state index is 11.7. The average Bonchev–Trinajstić information content (AvgIpc) is 2.95. The molecule has 0 bridgehead atoms. The highest BCUT2D eigenvalue weighted by Gasteiger charge is 2.11. The van der Waals surface area contributed by atoms with E-state index in [-0.39, 0.29) is 19.2 Å². The lowest BCUT2D eigenvalue weighted by molar-refractivity contribution is 0.245. The fourth-order valence-corrected chi connectivity index (χ4v) is 3.57.